The van der Waals surface area contributed by atoms with Crippen molar-refractivity contribution in [1.82, 2.24) is 9.38 Å². The maximum Gasteiger partial charge on any atom is 0.145 e. The predicted octanol–water partition coefficient (Wildman–Crippen LogP) is 4.67. The molecule has 0 saturated heterocycles. The fourth-order valence-electron chi connectivity index (χ4n) is 2.59. The third-order valence-corrected chi connectivity index (χ3v) is 3.62. The van der Waals surface area contributed by atoms with Crippen molar-refractivity contribution in [2.45, 2.75) is 0 Å². The van der Waals surface area contributed by atoms with Gasteiger partial charge in [0.05, 0.1) is 5.69 Å². The highest BCUT2D eigenvalue weighted by Gasteiger charge is 2.08. The van der Waals surface area contributed by atoms with E-state index in [9.17, 15) is 0 Å². The molecule has 0 aliphatic heterocycles. The summed E-state index contributed by atoms with van der Waals surface area (Å²) in [5.74, 6) is 0.969. The summed E-state index contributed by atoms with van der Waals surface area (Å²) < 4.78 is 2.13. The summed E-state index contributed by atoms with van der Waals surface area (Å²) in [5, 5.41) is 0. The number of nitrogens with zero attached hydrogens (tertiary/aromatic N) is 2. The Hall–Kier alpha value is -2.87. The summed E-state index contributed by atoms with van der Waals surface area (Å²) in [7, 11) is 0. The number of rotatable bonds is 2. The SMILES string of the molecule is c1ccc(-c2cc3cccn3c(-c3ccccc3)n2)cc1. The van der Waals surface area contributed by atoms with Gasteiger partial charge in [0.15, 0.2) is 0 Å². The summed E-state index contributed by atoms with van der Waals surface area (Å²) in [4.78, 5) is 4.88. The molecule has 2 heteroatoms. The Morgan fingerprint density at radius 2 is 1.33 bits per heavy atom. The Morgan fingerprint density at radius 1 is 0.667 bits per heavy atom. The monoisotopic (exact) mass is 270 g/mol. The summed E-state index contributed by atoms with van der Waals surface area (Å²) in [6.07, 6.45) is 2.06. The molecule has 0 saturated carbocycles. The molecule has 2 heterocycles. The molecule has 4 aromatic rings. The molecule has 0 N–H and O–H groups in total. The van der Waals surface area contributed by atoms with E-state index >= 15 is 0 Å². The van der Waals surface area contributed by atoms with Crippen LogP contribution >= 0.6 is 0 Å². The molecule has 21 heavy (non-hydrogen) atoms. The van der Waals surface area contributed by atoms with E-state index < -0.39 is 0 Å². The summed E-state index contributed by atoms with van der Waals surface area (Å²) in [6, 6.07) is 26.9. The summed E-state index contributed by atoms with van der Waals surface area (Å²) >= 11 is 0. The second-order valence-electron chi connectivity index (χ2n) is 5.00. The highest BCUT2D eigenvalue weighted by molar-refractivity contribution is 5.71. The van der Waals surface area contributed by atoms with Gasteiger partial charge in [-0.05, 0) is 18.2 Å². The van der Waals surface area contributed by atoms with Crippen molar-refractivity contribution in [2.75, 3.05) is 0 Å². The van der Waals surface area contributed by atoms with Crippen LogP contribution in [0.2, 0.25) is 0 Å². The third-order valence-electron chi connectivity index (χ3n) is 3.62. The molecule has 0 spiro atoms. The third kappa shape index (κ3) is 2.11. The molecular weight excluding hydrogens is 256 g/mol. The van der Waals surface area contributed by atoms with Gasteiger partial charge < -0.3 is 4.40 Å². The van der Waals surface area contributed by atoms with Crippen molar-refractivity contribution in [1.29, 1.82) is 0 Å². The quantitative estimate of drug-likeness (QED) is 0.517. The van der Waals surface area contributed by atoms with Crippen LogP contribution in [0, 0.1) is 0 Å². The zero-order chi connectivity index (χ0) is 14.1. The molecule has 2 aromatic heterocycles. The minimum Gasteiger partial charge on any atom is -0.301 e. The first-order chi connectivity index (χ1) is 10.4. The second-order valence-corrected chi connectivity index (χ2v) is 5.00. The molecule has 2 aromatic carbocycles. The number of aromatic nitrogens is 2. The largest absolute Gasteiger partial charge is 0.301 e. The molecule has 0 aliphatic rings. The minimum atomic E-state index is 0.969. The van der Waals surface area contributed by atoms with Gasteiger partial charge in [0.25, 0.3) is 0 Å². The molecule has 0 fully saturated rings. The van der Waals surface area contributed by atoms with E-state index in [1.54, 1.807) is 0 Å². The summed E-state index contributed by atoms with van der Waals surface area (Å²) in [5.41, 5.74) is 4.42. The molecule has 0 unspecified atom stereocenters. The highest BCUT2D eigenvalue weighted by Crippen LogP contribution is 2.25. The first-order valence-corrected chi connectivity index (χ1v) is 7.01. The topological polar surface area (TPSA) is 17.3 Å². The van der Waals surface area contributed by atoms with E-state index in [1.165, 1.54) is 0 Å². The lowest BCUT2D eigenvalue weighted by molar-refractivity contribution is 1.11. The predicted molar refractivity (Wildman–Crippen MR) is 86.1 cm³/mol. The Labute approximate surface area is 123 Å². The van der Waals surface area contributed by atoms with Gasteiger partial charge in [-0.15, -0.1) is 0 Å². The van der Waals surface area contributed by atoms with Crippen LogP contribution in [0.15, 0.2) is 85.1 Å². The van der Waals surface area contributed by atoms with Crippen LogP contribution in [0.3, 0.4) is 0 Å². The van der Waals surface area contributed by atoms with Gasteiger partial charge in [0, 0.05) is 22.8 Å². The van der Waals surface area contributed by atoms with Crippen LogP contribution in [-0.4, -0.2) is 9.38 Å². The van der Waals surface area contributed by atoms with E-state index in [2.05, 4.69) is 53.1 Å². The van der Waals surface area contributed by atoms with Gasteiger partial charge in [0.2, 0.25) is 0 Å². The van der Waals surface area contributed by atoms with Gasteiger partial charge in [-0.3, -0.25) is 0 Å². The Balaban J connectivity index is 2.00. The maximum atomic E-state index is 4.88. The molecule has 0 atom stereocenters. The molecule has 0 bridgehead atoms. The summed E-state index contributed by atoms with van der Waals surface area (Å²) in [6.45, 7) is 0. The van der Waals surface area contributed by atoms with Crippen LogP contribution < -0.4 is 0 Å². The van der Waals surface area contributed by atoms with Crippen LogP contribution in [0.25, 0.3) is 28.2 Å². The van der Waals surface area contributed by atoms with Gasteiger partial charge >= 0.3 is 0 Å². The molecule has 100 valence electrons. The van der Waals surface area contributed by atoms with Crippen molar-refractivity contribution in [3.63, 3.8) is 0 Å². The number of benzene rings is 2. The van der Waals surface area contributed by atoms with Crippen LogP contribution in [0.1, 0.15) is 0 Å². The first kappa shape index (κ1) is 11.9. The van der Waals surface area contributed by atoms with Crippen molar-refractivity contribution >= 4 is 5.52 Å². The smallest absolute Gasteiger partial charge is 0.145 e. The maximum absolute atomic E-state index is 4.88. The van der Waals surface area contributed by atoms with Crippen LogP contribution in [0.4, 0.5) is 0 Å². The van der Waals surface area contributed by atoms with Crippen LogP contribution in [-0.2, 0) is 0 Å². The van der Waals surface area contributed by atoms with Crippen molar-refractivity contribution < 1.29 is 0 Å². The lowest BCUT2D eigenvalue weighted by Gasteiger charge is -2.09. The average Bonchev–Trinajstić information content (AvgIpc) is 3.04. The van der Waals surface area contributed by atoms with E-state index in [0.717, 1.165) is 28.2 Å². The second kappa shape index (κ2) is 4.91. The number of fused-ring (bicyclic) bond motifs is 1. The average molecular weight is 270 g/mol. The van der Waals surface area contributed by atoms with Crippen molar-refractivity contribution in [2.24, 2.45) is 0 Å². The lowest BCUT2D eigenvalue weighted by atomic mass is 10.1. The zero-order valence-electron chi connectivity index (χ0n) is 11.5. The Morgan fingerprint density at radius 3 is 2.05 bits per heavy atom. The van der Waals surface area contributed by atoms with Crippen molar-refractivity contribution in [3.05, 3.63) is 85.1 Å². The van der Waals surface area contributed by atoms with Gasteiger partial charge in [-0.2, -0.15) is 0 Å². The molecule has 0 aliphatic carbocycles. The lowest BCUT2D eigenvalue weighted by Crippen LogP contribution is -1.96. The fraction of sp³-hybridized carbons (Fsp3) is 0. The van der Waals surface area contributed by atoms with E-state index in [4.69, 9.17) is 4.98 Å². The van der Waals surface area contributed by atoms with Crippen molar-refractivity contribution in [3.8, 4) is 22.6 Å². The molecule has 0 radical (unpaired) electrons. The molecule has 4 rings (SSSR count). The molecule has 0 amide bonds. The van der Waals surface area contributed by atoms with E-state index in [-0.39, 0.29) is 0 Å². The fourth-order valence-corrected chi connectivity index (χ4v) is 2.59. The first-order valence-electron chi connectivity index (χ1n) is 7.01. The Kier molecular flexibility index (Phi) is 2.79. The molecular formula is C19H14N2. The minimum absolute atomic E-state index is 0.969. The van der Waals surface area contributed by atoms with Gasteiger partial charge in [-0.25, -0.2) is 4.98 Å². The van der Waals surface area contributed by atoms with Gasteiger partial charge in [0.1, 0.15) is 5.82 Å². The number of hydrogen-bond acceptors (Lipinski definition) is 1. The highest BCUT2D eigenvalue weighted by atomic mass is 15.0. The van der Waals surface area contributed by atoms with Gasteiger partial charge in [-0.1, -0.05) is 60.7 Å². The van der Waals surface area contributed by atoms with E-state index in [1.807, 2.05) is 36.4 Å². The Bertz CT molecular complexity index is 877. The zero-order valence-corrected chi connectivity index (χ0v) is 11.5. The van der Waals surface area contributed by atoms with Crippen LogP contribution in [0.5, 0.6) is 0 Å². The molecule has 2 nitrogen and oxygen atoms in total. The number of hydrogen-bond donors (Lipinski definition) is 0. The normalized spacial score (nSPS) is 10.9. The standard InChI is InChI=1S/C19H14N2/c1-3-8-15(9-4-1)18-14-17-12-7-13-21(17)19(20-18)16-10-5-2-6-11-16/h1-14H. The van der Waals surface area contributed by atoms with E-state index in [0.29, 0.717) is 0 Å².